The third kappa shape index (κ3) is 3.09. The number of aromatic nitrogens is 3. The number of rotatable bonds is 2. The molecule has 0 spiro atoms. The minimum absolute atomic E-state index is 0.171. The molecule has 2 aromatic heterocycles. The van der Waals surface area contributed by atoms with Gasteiger partial charge in [-0.2, -0.15) is 22.7 Å². The zero-order valence-electron chi connectivity index (χ0n) is 13.3. The number of aromatic amines is 1. The smallest absolute Gasteiger partial charge is 0.282 e. The molecule has 3 aromatic rings. The Morgan fingerprint density at radius 1 is 1.23 bits per heavy atom. The van der Waals surface area contributed by atoms with Crippen LogP contribution >= 0.6 is 15.9 Å². The largest absolute Gasteiger partial charge is 0.401 e. The summed E-state index contributed by atoms with van der Waals surface area (Å²) < 4.78 is 53.4. The Morgan fingerprint density at radius 2 is 2.04 bits per heavy atom. The van der Waals surface area contributed by atoms with Crippen LogP contribution in [0.15, 0.2) is 34.9 Å². The van der Waals surface area contributed by atoms with Gasteiger partial charge in [-0.15, -0.1) is 0 Å². The molecular formula is C17H13BrF4N4. The summed E-state index contributed by atoms with van der Waals surface area (Å²) in [4.78, 5) is 5.19. The van der Waals surface area contributed by atoms with Crippen LogP contribution in [0.4, 0.5) is 17.6 Å². The lowest BCUT2D eigenvalue weighted by Gasteiger charge is -2.37. The number of hydrogen-bond donors (Lipinski definition) is 1. The van der Waals surface area contributed by atoms with Crippen molar-refractivity contribution in [2.75, 3.05) is 13.1 Å². The zero-order valence-corrected chi connectivity index (χ0v) is 14.9. The molecule has 1 atom stereocenters. The Balaban J connectivity index is 1.87. The SMILES string of the molecule is Fc1nc(C2c3ccc4[nH]ncc4c3CCN2CC(F)(F)F)ccc1Br. The molecule has 9 heteroatoms. The number of alkyl halides is 3. The quantitative estimate of drug-likeness (QED) is 0.486. The molecule has 136 valence electrons. The van der Waals surface area contributed by atoms with Crippen LogP contribution < -0.4 is 0 Å². The van der Waals surface area contributed by atoms with Gasteiger partial charge in [0.25, 0.3) is 0 Å². The average molecular weight is 429 g/mol. The number of nitrogens with zero attached hydrogens (tertiary/aromatic N) is 3. The molecule has 1 N–H and O–H groups in total. The van der Waals surface area contributed by atoms with Crippen LogP contribution in [-0.4, -0.2) is 39.3 Å². The van der Waals surface area contributed by atoms with E-state index in [4.69, 9.17) is 0 Å². The topological polar surface area (TPSA) is 44.8 Å². The van der Waals surface area contributed by atoms with E-state index in [1.54, 1.807) is 24.4 Å². The predicted molar refractivity (Wildman–Crippen MR) is 91.2 cm³/mol. The lowest BCUT2D eigenvalue weighted by molar-refractivity contribution is -0.150. The third-order valence-corrected chi connectivity index (χ3v) is 5.16. The summed E-state index contributed by atoms with van der Waals surface area (Å²) >= 11 is 3.03. The molecule has 0 aliphatic carbocycles. The van der Waals surface area contributed by atoms with Crippen LogP contribution in [0.25, 0.3) is 10.9 Å². The van der Waals surface area contributed by atoms with Crippen molar-refractivity contribution in [1.82, 2.24) is 20.1 Å². The van der Waals surface area contributed by atoms with E-state index in [-0.39, 0.29) is 16.7 Å². The Morgan fingerprint density at radius 3 is 2.77 bits per heavy atom. The van der Waals surface area contributed by atoms with E-state index in [0.717, 1.165) is 16.5 Å². The summed E-state index contributed by atoms with van der Waals surface area (Å²) in [5, 5.41) is 7.75. The molecule has 26 heavy (non-hydrogen) atoms. The lowest BCUT2D eigenvalue weighted by Crippen LogP contribution is -2.42. The van der Waals surface area contributed by atoms with E-state index in [0.29, 0.717) is 12.0 Å². The van der Waals surface area contributed by atoms with Crippen LogP contribution in [0.2, 0.25) is 0 Å². The van der Waals surface area contributed by atoms with Gasteiger partial charge in [-0.25, -0.2) is 4.98 Å². The van der Waals surface area contributed by atoms with E-state index in [2.05, 4.69) is 31.1 Å². The van der Waals surface area contributed by atoms with Gasteiger partial charge in [0.15, 0.2) is 0 Å². The van der Waals surface area contributed by atoms with Crippen molar-refractivity contribution in [2.45, 2.75) is 18.6 Å². The van der Waals surface area contributed by atoms with E-state index in [9.17, 15) is 17.6 Å². The van der Waals surface area contributed by atoms with E-state index < -0.39 is 24.7 Å². The number of pyridine rings is 1. The molecule has 0 radical (unpaired) electrons. The molecule has 0 saturated carbocycles. The molecule has 1 aliphatic rings. The van der Waals surface area contributed by atoms with Gasteiger partial charge in [0.05, 0.1) is 34.5 Å². The maximum Gasteiger partial charge on any atom is 0.401 e. The van der Waals surface area contributed by atoms with Gasteiger partial charge in [0.2, 0.25) is 5.95 Å². The van der Waals surface area contributed by atoms with E-state index in [1.165, 1.54) is 11.0 Å². The Hall–Kier alpha value is -2.00. The molecular weight excluding hydrogens is 416 g/mol. The molecule has 0 amide bonds. The first-order valence-electron chi connectivity index (χ1n) is 7.91. The monoisotopic (exact) mass is 428 g/mol. The Kier molecular flexibility index (Phi) is 4.23. The van der Waals surface area contributed by atoms with Gasteiger partial charge < -0.3 is 0 Å². The molecule has 1 aromatic carbocycles. The normalized spacial score (nSPS) is 18.3. The minimum atomic E-state index is -4.36. The van der Waals surface area contributed by atoms with Gasteiger partial charge >= 0.3 is 6.18 Å². The first kappa shape index (κ1) is 17.4. The first-order valence-corrected chi connectivity index (χ1v) is 8.70. The molecule has 4 nitrogen and oxygen atoms in total. The zero-order chi connectivity index (χ0) is 18.5. The molecule has 0 fully saturated rings. The summed E-state index contributed by atoms with van der Waals surface area (Å²) in [5.41, 5.74) is 2.69. The highest BCUT2D eigenvalue weighted by atomic mass is 79.9. The summed E-state index contributed by atoms with van der Waals surface area (Å²) in [6.07, 6.45) is -2.23. The van der Waals surface area contributed by atoms with Crippen molar-refractivity contribution in [1.29, 1.82) is 0 Å². The summed E-state index contributed by atoms with van der Waals surface area (Å²) in [6, 6.07) is 5.79. The maximum atomic E-state index is 14.0. The van der Waals surface area contributed by atoms with Crippen molar-refractivity contribution in [3.63, 3.8) is 0 Å². The van der Waals surface area contributed by atoms with Gasteiger partial charge in [-0.3, -0.25) is 10.00 Å². The van der Waals surface area contributed by atoms with Gasteiger partial charge in [-0.1, -0.05) is 6.07 Å². The van der Waals surface area contributed by atoms with Gasteiger partial charge in [0.1, 0.15) is 0 Å². The fraction of sp³-hybridized carbons (Fsp3) is 0.294. The van der Waals surface area contributed by atoms with E-state index >= 15 is 0 Å². The first-order chi connectivity index (χ1) is 12.3. The fourth-order valence-electron chi connectivity index (χ4n) is 3.54. The lowest BCUT2D eigenvalue weighted by atomic mass is 9.88. The summed E-state index contributed by atoms with van der Waals surface area (Å²) in [7, 11) is 0. The fourth-order valence-corrected chi connectivity index (χ4v) is 3.76. The number of hydrogen-bond acceptors (Lipinski definition) is 3. The molecule has 4 rings (SSSR count). The number of nitrogens with one attached hydrogen (secondary N) is 1. The minimum Gasteiger partial charge on any atom is -0.282 e. The van der Waals surface area contributed by atoms with Crippen molar-refractivity contribution in [2.24, 2.45) is 0 Å². The van der Waals surface area contributed by atoms with Crippen molar-refractivity contribution in [3.8, 4) is 0 Å². The van der Waals surface area contributed by atoms with Crippen molar-refractivity contribution >= 4 is 26.8 Å². The predicted octanol–water partition coefficient (Wildman–Crippen LogP) is 4.37. The molecule has 0 bridgehead atoms. The van der Waals surface area contributed by atoms with Gasteiger partial charge in [0, 0.05) is 11.9 Å². The standard InChI is InChI=1S/C17H13BrF4N4/c18-12-2-4-14(24-16(12)19)15-10-1-3-13-11(7-23-25-13)9(10)5-6-26(15)8-17(20,21)22/h1-4,7,15H,5-6,8H2,(H,23,25). The Bertz CT molecular complexity index is 969. The second kappa shape index (κ2) is 6.31. The number of benzene rings is 1. The number of fused-ring (bicyclic) bond motifs is 3. The number of H-pyrrole nitrogens is 1. The van der Waals surface area contributed by atoms with Crippen molar-refractivity contribution in [3.05, 3.63) is 57.7 Å². The third-order valence-electron chi connectivity index (χ3n) is 4.57. The summed E-state index contributed by atoms with van der Waals surface area (Å²) in [6.45, 7) is -0.888. The van der Waals surface area contributed by atoms with Crippen LogP contribution in [0.5, 0.6) is 0 Å². The average Bonchev–Trinajstić information content (AvgIpc) is 3.05. The highest BCUT2D eigenvalue weighted by Crippen LogP contribution is 2.39. The van der Waals surface area contributed by atoms with Gasteiger partial charge in [-0.05, 0) is 51.7 Å². The van der Waals surface area contributed by atoms with E-state index in [1.807, 2.05) is 0 Å². The highest BCUT2D eigenvalue weighted by molar-refractivity contribution is 9.10. The molecule has 0 saturated heterocycles. The van der Waals surface area contributed by atoms with Crippen LogP contribution in [-0.2, 0) is 6.42 Å². The Labute approximate surface area is 154 Å². The highest BCUT2D eigenvalue weighted by Gasteiger charge is 2.38. The second-order valence-corrected chi connectivity index (χ2v) is 7.07. The maximum absolute atomic E-state index is 14.0. The molecule has 1 aliphatic heterocycles. The van der Waals surface area contributed by atoms with Crippen LogP contribution in [0.1, 0.15) is 22.9 Å². The number of halogens is 5. The second-order valence-electron chi connectivity index (χ2n) is 6.21. The summed E-state index contributed by atoms with van der Waals surface area (Å²) in [5.74, 6) is -0.744. The van der Waals surface area contributed by atoms with Crippen molar-refractivity contribution < 1.29 is 17.6 Å². The van der Waals surface area contributed by atoms with Crippen LogP contribution in [0.3, 0.4) is 0 Å². The molecule has 1 unspecified atom stereocenters. The molecule has 3 heterocycles. The van der Waals surface area contributed by atoms with Crippen LogP contribution in [0, 0.1) is 5.95 Å².